The minimum atomic E-state index is -0.295. The maximum absolute atomic E-state index is 12.6. The molecule has 3 aromatic rings. The molecule has 3 rings (SSSR count). The van der Waals surface area contributed by atoms with E-state index in [0.29, 0.717) is 5.56 Å². The van der Waals surface area contributed by atoms with Crippen molar-refractivity contribution in [1.82, 2.24) is 0 Å². The lowest BCUT2D eigenvalue weighted by Crippen LogP contribution is -2.32. The Bertz CT molecular complexity index is 901. The lowest BCUT2D eigenvalue weighted by atomic mass is 10.0. The third kappa shape index (κ3) is 3.77. The number of hydrogen-bond acceptors (Lipinski definition) is 2. The average Bonchev–Trinajstić information content (AvgIpc) is 2.61. The molecule has 0 aliphatic heterocycles. The summed E-state index contributed by atoms with van der Waals surface area (Å²) in [7, 11) is 1.99. The number of nitrogens with zero attached hydrogens (tertiary/aromatic N) is 1. The Morgan fingerprint density at radius 2 is 1.64 bits per heavy atom. The summed E-state index contributed by atoms with van der Waals surface area (Å²) in [6.07, 6.45) is 1.97. The number of rotatable bonds is 4. The van der Waals surface area contributed by atoms with Gasteiger partial charge >= 0.3 is 5.97 Å². The molecule has 0 saturated heterocycles. The fraction of sp³-hybridized carbons (Fsp3) is 0.182. The van der Waals surface area contributed by atoms with Gasteiger partial charge in [-0.3, -0.25) is 0 Å². The zero-order valence-electron chi connectivity index (χ0n) is 14.8. The van der Waals surface area contributed by atoms with E-state index in [-0.39, 0.29) is 12.6 Å². The first-order chi connectivity index (χ1) is 12.1. The second-order valence-electron chi connectivity index (χ2n) is 6.24. The fourth-order valence-corrected chi connectivity index (χ4v) is 2.93. The van der Waals surface area contributed by atoms with Crippen LogP contribution in [0, 0.1) is 13.8 Å². The number of hydrogen-bond donors (Lipinski definition) is 0. The van der Waals surface area contributed by atoms with Gasteiger partial charge in [-0.25, -0.2) is 9.36 Å². The number of esters is 1. The summed E-state index contributed by atoms with van der Waals surface area (Å²) in [5, 5.41) is 0. The third-order valence-electron chi connectivity index (χ3n) is 4.33. The highest BCUT2D eigenvalue weighted by molar-refractivity contribution is 5.91. The molecular weight excluding hydrogens is 310 g/mol. The van der Waals surface area contributed by atoms with Crippen molar-refractivity contribution in [2.45, 2.75) is 20.5 Å². The first-order valence-electron chi connectivity index (χ1n) is 8.33. The molecule has 126 valence electrons. The van der Waals surface area contributed by atoms with Gasteiger partial charge in [-0.05, 0) is 31.0 Å². The average molecular weight is 332 g/mol. The minimum Gasteiger partial charge on any atom is -0.457 e. The molecule has 0 N–H and O–H groups in total. The Balaban J connectivity index is 1.90. The van der Waals surface area contributed by atoms with Gasteiger partial charge in [0, 0.05) is 17.2 Å². The molecule has 0 amide bonds. The Labute approximate surface area is 148 Å². The van der Waals surface area contributed by atoms with Gasteiger partial charge in [0.2, 0.25) is 5.69 Å². The number of ether oxygens (including phenoxy) is 1. The first-order valence-corrected chi connectivity index (χ1v) is 8.33. The van der Waals surface area contributed by atoms with Crippen molar-refractivity contribution in [3.63, 3.8) is 0 Å². The van der Waals surface area contributed by atoms with E-state index in [1.54, 1.807) is 0 Å². The molecule has 3 nitrogen and oxygen atoms in total. The molecule has 3 heteroatoms. The minimum absolute atomic E-state index is 0.278. The monoisotopic (exact) mass is 332 g/mol. The summed E-state index contributed by atoms with van der Waals surface area (Å²) in [6.45, 7) is 4.28. The van der Waals surface area contributed by atoms with E-state index < -0.39 is 0 Å². The van der Waals surface area contributed by atoms with Crippen LogP contribution < -0.4 is 4.57 Å². The van der Waals surface area contributed by atoms with E-state index >= 15 is 0 Å². The van der Waals surface area contributed by atoms with Crippen LogP contribution in [0.4, 0.5) is 0 Å². The predicted octanol–water partition coefficient (Wildman–Crippen LogP) is 4.15. The zero-order valence-corrected chi connectivity index (χ0v) is 14.8. The molecule has 1 aromatic heterocycles. The molecule has 0 saturated carbocycles. The Morgan fingerprint density at radius 3 is 2.36 bits per heavy atom. The number of aromatic nitrogens is 1. The Morgan fingerprint density at radius 1 is 0.960 bits per heavy atom. The molecule has 0 aliphatic rings. The van der Waals surface area contributed by atoms with Crippen LogP contribution in [-0.4, -0.2) is 5.97 Å². The highest BCUT2D eigenvalue weighted by atomic mass is 16.5. The highest BCUT2D eigenvalue weighted by Crippen LogP contribution is 2.22. The van der Waals surface area contributed by atoms with Gasteiger partial charge in [-0.15, -0.1) is 0 Å². The van der Waals surface area contributed by atoms with Crippen molar-refractivity contribution in [1.29, 1.82) is 0 Å². The van der Waals surface area contributed by atoms with Crippen LogP contribution in [-0.2, 0) is 18.4 Å². The number of benzene rings is 2. The van der Waals surface area contributed by atoms with E-state index in [0.717, 1.165) is 22.4 Å². The van der Waals surface area contributed by atoms with Crippen molar-refractivity contribution < 1.29 is 14.1 Å². The summed E-state index contributed by atoms with van der Waals surface area (Å²) in [5.74, 6) is -0.295. The quantitative estimate of drug-likeness (QED) is 0.531. The third-order valence-corrected chi connectivity index (χ3v) is 4.33. The SMILES string of the molecule is Cc1c[n+](C)c(-c2ccccc2C)cc1C(=O)OCc1ccccc1. The summed E-state index contributed by atoms with van der Waals surface area (Å²) >= 11 is 0. The normalized spacial score (nSPS) is 10.5. The molecular formula is C22H22NO2+. The van der Waals surface area contributed by atoms with E-state index in [4.69, 9.17) is 4.74 Å². The second kappa shape index (κ2) is 7.31. The maximum Gasteiger partial charge on any atom is 0.339 e. The van der Waals surface area contributed by atoms with E-state index in [9.17, 15) is 4.79 Å². The van der Waals surface area contributed by atoms with Crippen molar-refractivity contribution in [2.24, 2.45) is 7.05 Å². The van der Waals surface area contributed by atoms with Gasteiger partial charge in [0.15, 0.2) is 6.20 Å². The van der Waals surface area contributed by atoms with Gasteiger partial charge in [0.05, 0.1) is 5.56 Å². The number of carbonyl (C=O) groups excluding carboxylic acids is 1. The van der Waals surface area contributed by atoms with Crippen LogP contribution in [0.25, 0.3) is 11.3 Å². The number of pyridine rings is 1. The summed E-state index contributed by atoms with van der Waals surface area (Å²) in [6, 6.07) is 19.8. The van der Waals surface area contributed by atoms with E-state index in [1.807, 2.05) is 73.3 Å². The van der Waals surface area contributed by atoms with Crippen LogP contribution in [0.2, 0.25) is 0 Å². The predicted molar refractivity (Wildman–Crippen MR) is 98.1 cm³/mol. The lowest BCUT2D eigenvalue weighted by molar-refractivity contribution is -0.660. The molecule has 0 radical (unpaired) electrons. The lowest BCUT2D eigenvalue weighted by Gasteiger charge is -2.10. The largest absolute Gasteiger partial charge is 0.457 e. The van der Waals surface area contributed by atoms with Gasteiger partial charge in [0.25, 0.3) is 0 Å². The van der Waals surface area contributed by atoms with Crippen LogP contribution in [0.5, 0.6) is 0 Å². The number of carbonyl (C=O) groups is 1. The highest BCUT2D eigenvalue weighted by Gasteiger charge is 2.20. The molecule has 0 fully saturated rings. The maximum atomic E-state index is 12.6. The standard InChI is InChI=1S/C22H22NO2/c1-16-9-7-8-12-19(16)21-13-20(17(2)14-23(21)3)22(24)25-15-18-10-5-4-6-11-18/h4-14H,15H2,1-3H3/q+1. The van der Waals surface area contributed by atoms with Gasteiger partial charge < -0.3 is 4.74 Å². The van der Waals surface area contributed by atoms with Crippen molar-refractivity contribution in [2.75, 3.05) is 0 Å². The van der Waals surface area contributed by atoms with Crippen LogP contribution >= 0.6 is 0 Å². The van der Waals surface area contributed by atoms with E-state index in [1.165, 1.54) is 5.56 Å². The summed E-state index contributed by atoms with van der Waals surface area (Å²) < 4.78 is 7.56. The molecule has 25 heavy (non-hydrogen) atoms. The van der Waals surface area contributed by atoms with Crippen molar-refractivity contribution >= 4 is 5.97 Å². The van der Waals surface area contributed by atoms with E-state index in [2.05, 4.69) is 19.1 Å². The smallest absolute Gasteiger partial charge is 0.339 e. The fourth-order valence-electron chi connectivity index (χ4n) is 2.93. The molecule has 0 aliphatic carbocycles. The number of aryl methyl sites for hydroxylation is 3. The summed E-state index contributed by atoms with van der Waals surface area (Å²) in [4.78, 5) is 12.6. The van der Waals surface area contributed by atoms with Gasteiger partial charge in [-0.1, -0.05) is 48.5 Å². The summed E-state index contributed by atoms with van der Waals surface area (Å²) in [5.41, 5.74) is 5.77. The molecule has 0 atom stereocenters. The van der Waals surface area contributed by atoms with Gasteiger partial charge in [0.1, 0.15) is 13.7 Å². The second-order valence-corrected chi connectivity index (χ2v) is 6.24. The van der Waals surface area contributed by atoms with Gasteiger partial charge in [-0.2, -0.15) is 0 Å². The topological polar surface area (TPSA) is 30.2 Å². The van der Waals surface area contributed by atoms with Crippen LogP contribution in [0.3, 0.4) is 0 Å². The van der Waals surface area contributed by atoms with Crippen molar-refractivity contribution in [3.05, 3.63) is 89.1 Å². The van der Waals surface area contributed by atoms with Crippen LogP contribution in [0.1, 0.15) is 27.0 Å². The Kier molecular flexibility index (Phi) is 4.94. The molecule has 0 spiro atoms. The molecule has 0 bridgehead atoms. The molecule has 1 heterocycles. The van der Waals surface area contributed by atoms with Crippen LogP contribution in [0.15, 0.2) is 66.9 Å². The Hall–Kier alpha value is -2.94. The zero-order chi connectivity index (χ0) is 17.8. The molecule has 2 aromatic carbocycles. The van der Waals surface area contributed by atoms with Crippen molar-refractivity contribution in [3.8, 4) is 11.3 Å². The molecule has 0 unspecified atom stereocenters. The first kappa shape index (κ1) is 16.9.